The van der Waals surface area contributed by atoms with E-state index in [0.29, 0.717) is 0 Å². The molecule has 1 aliphatic rings. The molecule has 0 bridgehead atoms. The van der Waals surface area contributed by atoms with Crippen molar-refractivity contribution < 1.29 is 24.3 Å². The van der Waals surface area contributed by atoms with E-state index in [2.05, 4.69) is 4.98 Å². The van der Waals surface area contributed by atoms with Crippen LogP contribution in [0.5, 0.6) is 0 Å². The highest BCUT2D eigenvalue weighted by Gasteiger charge is 2.47. The standard InChI is InChI=1S/C8H10FN3O5/c9-5-4(3-13)17-7(6(5)14)11-2-1-10-8(11)12(15)16/h1-2,4-7,13-14H,3H2/t4-,5-,6+,7-/m1/s1. The van der Waals surface area contributed by atoms with Crippen LogP contribution >= 0.6 is 0 Å². The lowest BCUT2D eigenvalue weighted by Gasteiger charge is -2.12. The number of rotatable bonds is 3. The van der Waals surface area contributed by atoms with Crippen LogP contribution in [0, 0.1) is 10.1 Å². The zero-order valence-electron chi connectivity index (χ0n) is 8.51. The van der Waals surface area contributed by atoms with Gasteiger partial charge in [0.15, 0.2) is 6.17 Å². The molecule has 2 rings (SSSR count). The normalized spacial score (nSPS) is 32.9. The fourth-order valence-corrected chi connectivity index (χ4v) is 1.73. The van der Waals surface area contributed by atoms with Gasteiger partial charge in [-0.1, -0.05) is 4.98 Å². The summed E-state index contributed by atoms with van der Waals surface area (Å²) in [5.74, 6) is -0.556. The predicted octanol–water partition coefficient (Wildman–Crippen LogP) is -0.620. The molecule has 2 heterocycles. The highest BCUT2D eigenvalue weighted by molar-refractivity contribution is 5.09. The average molecular weight is 247 g/mol. The Kier molecular flexibility index (Phi) is 3.05. The number of nitro groups is 1. The number of aliphatic hydroxyl groups excluding tert-OH is 2. The van der Waals surface area contributed by atoms with Crippen LogP contribution in [0.1, 0.15) is 6.23 Å². The van der Waals surface area contributed by atoms with Crippen molar-refractivity contribution in [1.29, 1.82) is 0 Å². The van der Waals surface area contributed by atoms with Crippen LogP contribution in [0.2, 0.25) is 0 Å². The summed E-state index contributed by atoms with van der Waals surface area (Å²) in [5, 5.41) is 29.0. The van der Waals surface area contributed by atoms with Crippen LogP contribution < -0.4 is 0 Å². The lowest BCUT2D eigenvalue weighted by atomic mass is 10.1. The molecule has 0 aliphatic carbocycles. The van der Waals surface area contributed by atoms with Crippen molar-refractivity contribution in [3.05, 3.63) is 22.5 Å². The van der Waals surface area contributed by atoms with Crippen molar-refractivity contribution in [1.82, 2.24) is 9.55 Å². The molecule has 8 nitrogen and oxygen atoms in total. The second kappa shape index (κ2) is 4.35. The van der Waals surface area contributed by atoms with Crippen molar-refractivity contribution in [2.45, 2.75) is 24.6 Å². The molecule has 0 aromatic carbocycles. The average Bonchev–Trinajstić information content (AvgIpc) is 2.86. The summed E-state index contributed by atoms with van der Waals surface area (Å²) < 4.78 is 19.4. The van der Waals surface area contributed by atoms with E-state index in [1.54, 1.807) is 0 Å². The smallest absolute Gasteiger partial charge is 0.394 e. The summed E-state index contributed by atoms with van der Waals surface area (Å²) in [6, 6.07) is 0. The summed E-state index contributed by atoms with van der Waals surface area (Å²) in [5.41, 5.74) is 0. The second-order valence-electron chi connectivity index (χ2n) is 3.57. The van der Waals surface area contributed by atoms with Crippen LogP contribution in [0.15, 0.2) is 12.4 Å². The van der Waals surface area contributed by atoms with Gasteiger partial charge in [0.1, 0.15) is 24.6 Å². The van der Waals surface area contributed by atoms with E-state index in [-0.39, 0.29) is 0 Å². The minimum Gasteiger partial charge on any atom is -0.394 e. The van der Waals surface area contributed by atoms with E-state index in [0.717, 1.165) is 10.8 Å². The van der Waals surface area contributed by atoms with Crippen LogP contribution in [-0.2, 0) is 4.74 Å². The number of halogens is 1. The summed E-state index contributed by atoms with van der Waals surface area (Å²) in [4.78, 5) is 13.3. The number of aromatic nitrogens is 2. The number of hydrogen-bond acceptors (Lipinski definition) is 6. The third-order valence-electron chi connectivity index (χ3n) is 2.55. The quantitative estimate of drug-likeness (QED) is 0.544. The molecule has 2 N–H and O–H groups in total. The van der Waals surface area contributed by atoms with Crippen molar-refractivity contribution in [3.8, 4) is 0 Å². The molecule has 0 spiro atoms. The molecule has 1 saturated heterocycles. The highest BCUT2D eigenvalue weighted by Crippen LogP contribution is 2.33. The zero-order valence-corrected chi connectivity index (χ0v) is 8.51. The van der Waals surface area contributed by atoms with E-state index in [1.165, 1.54) is 6.20 Å². The van der Waals surface area contributed by atoms with Crippen LogP contribution in [0.25, 0.3) is 0 Å². The van der Waals surface area contributed by atoms with Gasteiger partial charge in [-0.2, -0.15) is 4.57 Å². The Morgan fingerprint density at radius 1 is 1.71 bits per heavy atom. The van der Waals surface area contributed by atoms with Gasteiger partial charge in [-0.25, -0.2) is 4.39 Å². The first-order valence-corrected chi connectivity index (χ1v) is 4.82. The van der Waals surface area contributed by atoms with E-state index >= 15 is 0 Å². The van der Waals surface area contributed by atoms with Gasteiger partial charge in [0, 0.05) is 0 Å². The molecule has 94 valence electrons. The lowest BCUT2D eigenvalue weighted by Crippen LogP contribution is -2.29. The third-order valence-corrected chi connectivity index (χ3v) is 2.55. The Morgan fingerprint density at radius 3 is 2.94 bits per heavy atom. The molecule has 1 aromatic rings. The van der Waals surface area contributed by atoms with Crippen LogP contribution in [-0.4, -0.2) is 49.7 Å². The summed E-state index contributed by atoms with van der Waals surface area (Å²) in [6.45, 7) is -0.614. The second-order valence-corrected chi connectivity index (χ2v) is 3.57. The van der Waals surface area contributed by atoms with Crippen molar-refractivity contribution in [2.24, 2.45) is 0 Å². The summed E-state index contributed by atoms with van der Waals surface area (Å²) in [7, 11) is 0. The fourth-order valence-electron chi connectivity index (χ4n) is 1.73. The summed E-state index contributed by atoms with van der Waals surface area (Å²) >= 11 is 0. The number of ether oxygens (including phenoxy) is 1. The maximum atomic E-state index is 13.4. The molecule has 1 aliphatic heterocycles. The maximum Gasteiger partial charge on any atom is 0.436 e. The third kappa shape index (κ3) is 1.88. The van der Waals surface area contributed by atoms with Gasteiger partial charge < -0.3 is 25.1 Å². The Balaban J connectivity index is 2.29. The number of nitrogens with zero attached hydrogens (tertiary/aromatic N) is 3. The van der Waals surface area contributed by atoms with Gasteiger partial charge in [0.2, 0.25) is 6.23 Å². The number of alkyl halides is 1. The van der Waals surface area contributed by atoms with E-state index < -0.39 is 42.1 Å². The van der Waals surface area contributed by atoms with Crippen molar-refractivity contribution >= 4 is 5.95 Å². The first-order valence-electron chi connectivity index (χ1n) is 4.82. The minimum atomic E-state index is -1.80. The van der Waals surface area contributed by atoms with Gasteiger partial charge in [-0.15, -0.1) is 0 Å². The van der Waals surface area contributed by atoms with Crippen LogP contribution in [0.4, 0.5) is 10.3 Å². The van der Waals surface area contributed by atoms with Crippen LogP contribution in [0.3, 0.4) is 0 Å². The number of imidazole rings is 1. The predicted molar refractivity (Wildman–Crippen MR) is 50.8 cm³/mol. The molecule has 0 unspecified atom stereocenters. The molecule has 0 radical (unpaired) electrons. The SMILES string of the molecule is O=[N+]([O-])c1nccn1[C@@H]1O[C@H](CO)[C@@H](F)[C@@H]1O. The molecule has 0 amide bonds. The van der Waals surface area contributed by atoms with Gasteiger partial charge in [-0.05, 0) is 4.92 Å². The van der Waals surface area contributed by atoms with Gasteiger partial charge in [-0.3, -0.25) is 0 Å². The number of aliphatic hydroxyl groups is 2. The molecule has 9 heteroatoms. The first kappa shape index (κ1) is 11.9. The van der Waals surface area contributed by atoms with E-state index in [1.807, 2.05) is 0 Å². The molecule has 1 aromatic heterocycles. The summed E-state index contributed by atoms with van der Waals surface area (Å²) in [6.07, 6.45) is -3.49. The molecular formula is C8H10FN3O5. The van der Waals surface area contributed by atoms with Crippen molar-refractivity contribution in [3.63, 3.8) is 0 Å². The Hall–Kier alpha value is -1.58. The zero-order chi connectivity index (χ0) is 12.6. The molecule has 1 fully saturated rings. The minimum absolute atomic E-state index is 0.556. The topological polar surface area (TPSA) is 111 Å². The lowest BCUT2D eigenvalue weighted by molar-refractivity contribution is -0.398. The fraction of sp³-hybridized carbons (Fsp3) is 0.625. The van der Waals surface area contributed by atoms with Crippen molar-refractivity contribution in [2.75, 3.05) is 6.61 Å². The number of hydrogen-bond donors (Lipinski definition) is 2. The van der Waals surface area contributed by atoms with Gasteiger partial charge in [0.25, 0.3) is 0 Å². The molecule has 4 atom stereocenters. The molecule has 17 heavy (non-hydrogen) atoms. The maximum absolute atomic E-state index is 13.4. The Morgan fingerprint density at radius 2 is 2.41 bits per heavy atom. The first-order chi connectivity index (χ1) is 8.06. The van der Waals surface area contributed by atoms with Gasteiger partial charge >= 0.3 is 5.95 Å². The van der Waals surface area contributed by atoms with E-state index in [9.17, 15) is 19.6 Å². The Bertz CT molecular complexity index is 425. The Labute approximate surface area is 94.4 Å². The van der Waals surface area contributed by atoms with E-state index in [4.69, 9.17) is 9.84 Å². The highest BCUT2D eigenvalue weighted by atomic mass is 19.1. The van der Waals surface area contributed by atoms with Gasteiger partial charge in [0.05, 0.1) is 6.61 Å². The molecular weight excluding hydrogens is 237 g/mol. The largest absolute Gasteiger partial charge is 0.436 e. The monoisotopic (exact) mass is 247 g/mol. The molecule has 0 saturated carbocycles.